The molecule has 0 saturated carbocycles. The van der Waals surface area contributed by atoms with Crippen molar-refractivity contribution < 1.29 is 29.5 Å². The van der Waals surface area contributed by atoms with Gasteiger partial charge in [-0.3, -0.25) is 28.5 Å². The van der Waals surface area contributed by atoms with Crippen molar-refractivity contribution >= 4 is 39.2 Å². The standard InChI is InChI=1S/C10H8N2O6S.C2H4O2/c1-4(13)18-6-3-5-9(19-11(2)10(5)15)7(8(6)14)12(16)17;1-2(3)4/h3,14H,1-2H3;1H3,(H,3,4). The lowest BCUT2D eigenvalue weighted by atomic mass is 10.2. The number of aliphatic carboxylic acids is 1. The van der Waals surface area contributed by atoms with Crippen molar-refractivity contribution in [2.45, 2.75) is 13.8 Å². The normalized spacial score (nSPS) is 9.87. The van der Waals surface area contributed by atoms with Crippen molar-refractivity contribution in [3.63, 3.8) is 0 Å². The lowest BCUT2D eigenvalue weighted by Gasteiger charge is -2.04. The number of hydrogen-bond acceptors (Lipinski definition) is 8. The van der Waals surface area contributed by atoms with Gasteiger partial charge in [0.05, 0.1) is 10.3 Å². The number of aryl methyl sites for hydroxylation is 1. The Kier molecular flexibility index (Phi) is 5.41. The van der Waals surface area contributed by atoms with Gasteiger partial charge in [0, 0.05) is 20.9 Å². The topological polar surface area (TPSA) is 149 Å². The van der Waals surface area contributed by atoms with Crippen molar-refractivity contribution in [3.05, 3.63) is 26.5 Å². The van der Waals surface area contributed by atoms with Crippen LogP contribution in [0.4, 0.5) is 5.69 Å². The quantitative estimate of drug-likeness (QED) is 0.357. The third kappa shape index (κ3) is 4.03. The summed E-state index contributed by atoms with van der Waals surface area (Å²) in [4.78, 5) is 41.8. The maximum atomic E-state index is 11.8. The van der Waals surface area contributed by atoms with E-state index < -0.39 is 39.6 Å². The van der Waals surface area contributed by atoms with Gasteiger partial charge in [0.1, 0.15) is 4.70 Å². The summed E-state index contributed by atoms with van der Waals surface area (Å²) in [5, 5.41) is 28.2. The van der Waals surface area contributed by atoms with Crippen LogP contribution in [0.2, 0.25) is 0 Å². The number of carbonyl (C=O) groups is 2. The molecule has 0 atom stereocenters. The van der Waals surface area contributed by atoms with Gasteiger partial charge in [-0.1, -0.05) is 0 Å². The molecule has 0 bridgehead atoms. The Hall–Kier alpha value is -2.95. The van der Waals surface area contributed by atoms with Crippen LogP contribution in [0.25, 0.3) is 10.1 Å². The van der Waals surface area contributed by atoms with E-state index in [0.717, 1.165) is 31.4 Å². The molecule has 0 amide bonds. The highest BCUT2D eigenvalue weighted by molar-refractivity contribution is 7.14. The minimum atomic E-state index is -0.833. The molecule has 2 aromatic rings. The molecule has 1 heterocycles. The average Bonchev–Trinajstić information content (AvgIpc) is 2.65. The van der Waals surface area contributed by atoms with Crippen molar-refractivity contribution in [2.24, 2.45) is 7.05 Å². The number of esters is 1. The van der Waals surface area contributed by atoms with Gasteiger partial charge >= 0.3 is 11.7 Å². The Balaban J connectivity index is 0.000000593. The number of benzene rings is 1. The number of phenols is 1. The van der Waals surface area contributed by atoms with Crippen LogP contribution in [-0.2, 0) is 16.6 Å². The van der Waals surface area contributed by atoms with Crippen LogP contribution in [0, 0.1) is 10.1 Å². The third-order valence-corrected chi connectivity index (χ3v) is 3.41. The Morgan fingerprint density at radius 3 is 2.35 bits per heavy atom. The average molecular weight is 344 g/mol. The van der Waals surface area contributed by atoms with Crippen LogP contribution in [0.5, 0.6) is 11.5 Å². The number of nitrogens with zero attached hydrogens (tertiary/aromatic N) is 2. The van der Waals surface area contributed by atoms with Crippen LogP contribution in [-0.4, -0.2) is 31.0 Å². The lowest BCUT2D eigenvalue weighted by Crippen LogP contribution is -2.08. The SMILES string of the molecule is CC(=O)O.CC(=O)Oc1cc2c(=O)n(C)sc2c([N+](=O)[O-])c1O. The van der Waals surface area contributed by atoms with Gasteiger partial charge in [0.2, 0.25) is 5.75 Å². The number of carboxylic acid groups (broad SMARTS) is 1. The number of nitro groups is 1. The maximum absolute atomic E-state index is 11.8. The maximum Gasteiger partial charge on any atom is 0.334 e. The van der Waals surface area contributed by atoms with Gasteiger partial charge in [-0.05, 0) is 17.6 Å². The summed E-state index contributed by atoms with van der Waals surface area (Å²) in [6.07, 6.45) is 0. The monoisotopic (exact) mass is 344 g/mol. The summed E-state index contributed by atoms with van der Waals surface area (Å²) in [5.41, 5.74) is -1.10. The molecule has 10 nitrogen and oxygen atoms in total. The predicted molar refractivity (Wildman–Crippen MR) is 80.0 cm³/mol. The predicted octanol–water partition coefficient (Wildman–Crippen LogP) is 1.23. The Morgan fingerprint density at radius 1 is 1.39 bits per heavy atom. The third-order valence-electron chi connectivity index (χ3n) is 2.37. The molecule has 124 valence electrons. The van der Waals surface area contributed by atoms with Crippen LogP contribution < -0.4 is 10.3 Å². The van der Waals surface area contributed by atoms with Gasteiger partial charge in [0.15, 0.2) is 5.75 Å². The van der Waals surface area contributed by atoms with E-state index >= 15 is 0 Å². The number of phenolic OH excluding ortho intramolecular Hbond substituents is 1. The molecule has 0 spiro atoms. The number of aromatic hydroxyl groups is 1. The van der Waals surface area contributed by atoms with Gasteiger partial charge in [-0.2, -0.15) is 0 Å². The van der Waals surface area contributed by atoms with Crippen molar-refractivity contribution in [1.82, 2.24) is 3.96 Å². The summed E-state index contributed by atoms with van der Waals surface area (Å²) < 4.78 is 5.89. The minimum Gasteiger partial charge on any atom is -0.499 e. The van der Waals surface area contributed by atoms with E-state index in [1.807, 2.05) is 0 Å². The highest BCUT2D eigenvalue weighted by atomic mass is 32.1. The summed E-state index contributed by atoms with van der Waals surface area (Å²) in [6, 6.07) is 1.12. The first kappa shape index (κ1) is 18.1. The molecule has 0 radical (unpaired) electrons. The minimum absolute atomic E-state index is 0.0215. The molecular weight excluding hydrogens is 332 g/mol. The number of carboxylic acids is 1. The molecule has 1 aromatic carbocycles. The summed E-state index contributed by atoms with van der Waals surface area (Å²) in [5.74, 6) is -2.76. The number of nitro benzene ring substituents is 1. The van der Waals surface area contributed by atoms with Gasteiger partial charge < -0.3 is 14.9 Å². The van der Waals surface area contributed by atoms with E-state index in [1.54, 1.807) is 0 Å². The second-order valence-corrected chi connectivity index (χ2v) is 5.35. The highest BCUT2D eigenvalue weighted by Gasteiger charge is 2.27. The Labute approximate surface area is 132 Å². The van der Waals surface area contributed by atoms with Gasteiger partial charge in [-0.15, -0.1) is 0 Å². The number of ether oxygens (including phenoxy) is 1. The van der Waals surface area contributed by atoms with Crippen molar-refractivity contribution in [3.8, 4) is 11.5 Å². The highest BCUT2D eigenvalue weighted by Crippen LogP contribution is 2.43. The molecule has 23 heavy (non-hydrogen) atoms. The van der Waals surface area contributed by atoms with Crippen LogP contribution >= 0.6 is 11.5 Å². The zero-order valence-corrected chi connectivity index (χ0v) is 13.0. The van der Waals surface area contributed by atoms with Gasteiger partial charge in [0.25, 0.3) is 11.5 Å². The zero-order valence-electron chi connectivity index (χ0n) is 12.2. The Morgan fingerprint density at radius 2 is 1.91 bits per heavy atom. The van der Waals surface area contributed by atoms with Crippen LogP contribution in [0.1, 0.15) is 13.8 Å². The number of aromatic nitrogens is 1. The number of hydrogen-bond donors (Lipinski definition) is 2. The molecule has 0 unspecified atom stereocenters. The van der Waals surface area contributed by atoms with Crippen LogP contribution in [0.15, 0.2) is 10.9 Å². The molecule has 0 aliphatic heterocycles. The lowest BCUT2D eigenvalue weighted by molar-refractivity contribution is -0.383. The van der Waals surface area contributed by atoms with Gasteiger partial charge in [-0.25, -0.2) is 0 Å². The fraction of sp³-hybridized carbons (Fsp3) is 0.250. The molecule has 11 heteroatoms. The van der Waals surface area contributed by atoms with E-state index in [0.29, 0.717) is 0 Å². The van der Waals surface area contributed by atoms with Crippen molar-refractivity contribution in [1.29, 1.82) is 0 Å². The molecular formula is C12H12N2O8S. The summed E-state index contributed by atoms with van der Waals surface area (Å²) in [7, 11) is 1.44. The van der Waals surface area contributed by atoms with Crippen LogP contribution in [0.3, 0.4) is 0 Å². The molecule has 0 aliphatic carbocycles. The molecule has 2 N–H and O–H groups in total. The second kappa shape index (κ2) is 6.87. The number of rotatable bonds is 2. The fourth-order valence-electron chi connectivity index (χ4n) is 1.62. The number of carbonyl (C=O) groups excluding carboxylic acids is 1. The van der Waals surface area contributed by atoms with E-state index in [-0.39, 0.29) is 10.1 Å². The first-order chi connectivity index (χ1) is 10.6. The van der Waals surface area contributed by atoms with Crippen molar-refractivity contribution in [2.75, 3.05) is 0 Å². The molecule has 2 rings (SSSR count). The fourth-order valence-corrected chi connectivity index (χ4v) is 2.58. The first-order valence-corrected chi connectivity index (χ1v) is 6.71. The Bertz CT molecular complexity index is 847. The molecule has 0 fully saturated rings. The molecule has 0 aliphatic rings. The van der Waals surface area contributed by atoms with E-state index in [4.69, 9.17) is 9.90 Å². The van der Waals surface area contributed by atoms with E-state index in [1.165, 1.54) is 11.0 Å². The smallest absolute Gasteiger partial charge is 0.334 e. The van der Waals surface area contributed by atoms with E-state index in [2.05, 4.69) is 4.74 Å². The van der Waals surface area contributed by atoms with E-state index in [9.17, 15) is 24.8 Å². The molecule has 1 aromatic heterocycles. The summed E-state index contributed by atoms with van der Waals surface area (Å²) >= 11 is 0.837. The zero-order chi connectivity index (χ0) is 17.9. The largest absolute Gasteiger partial charge is 0.499 e. The first-order valence-electron chi connectivity index (χ1n) is 5.94. The number of fused-ring (bicyclic) bond motifs is 1. The second-order valence-electron chi connectivity index (χ2n) is 4.21. The summed E-state index contributed by atoms with van der Waals surface area (Å²) in [6.45, 7) is 2.17. The molecule has 0 saturated heterocycles.